The molecular weight excluding hydrogens is 523 g/mol. The van der Waals surface area contributed by atoms with E-state index in [-0.39, 0.29) is 28.3 Å². The zero-order valence-electron chi connectivity index (χ0n) is 21.3. The number of hydrogen-bond donors (Lipinski definition) is 0. The fourth-order valence-corrected chi connectivity index (χ4v) is 4.84. The lowest BCUT2D eigenvalue weighted by Gasteiger charge is -2.26. The van der Waals surface area contributed by atoms with Crippen LogP contribution in [0, 0.1) is 13.8 Å². The first-order valence-electron chi connectivity index (χ1n) is 11.1. The highest BCUT2D eigenvalue weighted by atomic mass is 32.2. The molecule has 3 aromatic rings. The van der Waals surface area contributed by atoms with Crippen molar-refractivity contribution < 1.29 is 31.1 Å². The Morgan fingerprint density at radius 2 is 1.82 bits per heavy atom. The highest BCUT2D eigenvalue weighted by Gasteiger charge is 2.36. The van der Waals surface area contributed by atoms with Crippen molar-refractivity contribution >= 4 is 33.7 Å². The smallest absolute Gasteiger partial charge is 0.369 e. The Morgan fingerprint density at radius 3 is 2.45 bits per heavy atom. The van der Waals surface area contributed by atoms with E-state index in [0.29, 0.717) is 11.6 Å². The molecule has 0 aliphatic rings. The maximum Gasteiger partial charge on any atom is 0.416 e. The molecular formula is C25H26F3N5O4S. The van der Waals surface area contributed by atoms with E-state index in [2.05, 4.69) is 15.0 Å². The molecule has 38 heavy (non-hydrogen) atoms. The number of rotatable bonds is 9. The number of halogens is 3. The lowest BCUT2D eigenvalue weighted by molar-refractivity contribution is -0.138. The van der Waals surface area contributed by atoms with E-state index in [9.17, 15) is 26.4 Å². The molecule has 0 saturated carbocycles. The van der Waals surface area contributed by atoms with E-state index in [1.165, 1.54) is 51.0 Å². The van der Waals surface area contributed by atoms with Crippen molar-refractivity contribution in [2.24, 2.45) is 4.99 Å². The lowest BCUT2D eigenvalue weighted by atomic mass is 10.1. The molecule has 0 unspecified atom stereocenters. The number of aromatic nitrogens is 2. The summed E-state index contributed by atoms with van der Waals surface area (Å²) in [7, 11) is 0.124. The monoisotopic (exact) mass is 549 g/mol. The molecule has 0 aliphatic heterocycles. The SMILES string of the molecule is COCN(c1cc(C)cnc1C(=O)c1ccnc(N=CN(C)C)c1)S(=O)(=O)c1ccc(C)c(C(F)(F)F)c1. The molecule has 2 heterocycles. The fourth-order valence-electron chi connectivity index (χ4n) is 3.44. The van der Waals surface area contributed by atoms with Gasteiger partial charge in [-0.05, 0) is 55.3 Å². The second-order valence-electron chi connectivity index (χ2n) is 8.57. The van der Waals surface area contributed by atoms with E-state index >= 15 is 0 Å². The van der Waals surface area contributed by atoms with E-state index < -0.39 is 39.2 Å². The van der Waals surface area contributed by atoms with Gasteiger partial charge < -0.3 is 9.64 Å². The number of ketones is 1. The Bertz CT molecular complexity index is 1470. The van der Waals surface area contributed by atoms with Crippen molar-refractivity contribution in [2.45, 2.75) is 24.9 Å². The average Bonchev–Trinajstić information content (AvgIpc) is 2.85. The van der Waals surface area contributed by atoms with Crippen molar-refractivity contribution in [1.29, 1.82) is 0 Å². The topological polar surface area (TPSA) is 105 Å². The Balaban J connectivity index is 2.16. The molecule has 0 saturated heterocycles. The van der Waals surface area contributed by atoms with Crippen molar-refractivity contribution in [2.75, 3.05) is 32.2 Å². The summed E-state index contributed by atoms with van der Waals surface area (Å²) >= 11 is 0. The Morgan fingerprint density at radius 1 is 1.11 bits per heavy atom. The van der Waals surface area contributed by atoms with Crippen molar-refractivity contribution in [1.82, 2.24) is 14.9 Å². The van der Waals surface area contributed by atoms with Gasteiger partial charge in [-0.2, -0.15) is 13.2 Å². The van der Waals surface area contributed by atoms with Crippen LogP contribution in [0.25, 0.3) is 0 Å². The minimum absolute atomic E-state index is 0.131. The highest BCUT2D eigenvalue weighted by Crippen LogP contribution is 2.35. The minimum atomic E-state index is -4.76. The van der Waals surface area contributed by atoms with Gasteiger partial charge in [0.2, 0.25) is 5.78 Å². The quantitative estimate of drug-likeness (QED) is 0.169. The molecule has 1 aromatic carbocycles. The number of carbonyl (C=O) groups is 1. The van der Waals surface area contributed by atoms with Crippen molar-refractivity contribution in [3.8, 4) is 0 Å². The number of nitrogens with zero attached hydrogens (tertiary/aromatic N) is 5. The van der Waals surface area contributed by atoms with Crippen LogP contribution in [-0.4, -0.2) is 63.3 Å². The number of carbonyl (C=O) groups excluding carboxylic acids is 1. The Kier molecular flexibility index (Phi) is 8.52. The van der Waals surface area contributed by atoms with Gasteiger partial charge in [-0.15, -0.1) is 0 Å². The lowest BCUT2D eigenvalue weighted by Crippen LogP contribution is -2.34. The Hall–Kier alpha value is -3.84. The van der Waals surface area contributed by atoms with Crippen LogP contribution in [0.2, 0.25) is 0 Å². The number of aliphatic imine (C=N–C) groups is 1. The molecule has 3 rings (SSSR count). The predicted molar refractivity (Wildman–Crippen MR) is 136 cm³/mol. The number of aryl methyl sites for hydroxylation is 2. The molecule has 2 aromatic heterocycles. The molecule has 0 N–H and O–H groups in total. The average molecular weight is 550 g/mol. The number of sulfonamides is 1. The summed E-state index contributed by atoms with van der Waals surface area (Å²) in [4.78, 5) is 27.0. The summed E-state index contributed by atoms with van der Waals surface area (Å²) < 4.78 is 73.7. The summed E-state index contributed by atoms with van der Waals surface area (Å²) in [5.41, 5.74) is -0.966. The van der Waals surface area contributed by atoms with Crippen molar-refractivity contribution in [3.05, 3.63) is 76.7 Å². The first-order valence-corrected chi connectivity index (χ1v) is 12.6. The van der Waals surface area contributed by atoms with Crippen LogP contribution in [0.4, 0.5) is 24.7 Å². The highest BCUT2D eigenvalue weighted by molar-refractivity contribution is 7.92. The Labute approximate surface area is 218 Å². The van der Waals surface area contributed by atoms with Crippen LogP contribution in [-0.2, 0) is 20.9 Å². The third-order valence-electron chi connectivity index (χ3n) is 5.27. The van der Waals surface area contributed by atoms with Gasteiger partial charge in [-0.25, -0.2) is 22.7 Å². The predicted octanol–water partition coefficient (Wildman–Crippen LogP) is 4.36. The first kappa shape index (κ1) is 28.7. The molecule has 9 nitrogen and oxygen atoms in total. The van der Waals surface area contributed by atoms with Crippen molar-refractivity contribution in [3.63, 3.8) is 0 Å². The summed E-state index contributed by atoms with van der Waals surface area (Å²) in [5.74, 6) is -0.404. The van der Waals surface area contributed by atoms with E-state index in [4.69, 9.17) is 4.74 Å². The normalized spacial score (nSPS) is 12.1. The maximum atomic E-state index is 13.6. The molecule has 13 heteroatoms. The second kappa shape index (κ2) is 11.3. The molecule has 0 aliphatic carbocycles. The molecule has 0 bridgehead atoms. The summed E-state index contributed by atoms with van der Waals surface area (Å²) in [6.07, 6.45) is -0.510. The van der Waals surface area contributed by atoms with Gasteiger partial charge in [0.25, 0.3) is 10.0 Å². The van der Waals surface area contributed by atoms with Crippen LogP contribution in [0.15, 0.2) is 58.7 Å². The van der Waals surface area contributed by atoms with Crippen LogP contribution in [0.5, 0.6) is 0 Å². The summed E-state index contributed by atoms with van der Waals surface area (Å²) in [6, 6.07) is 6.96. The summed E-state index contributed by atoms with van der Waals surface area (Å²) in [6.45, 7) is 2.28. The molecule has 0 fully saturated rings. The van der Waals surface area contributed by atoms with E-state index in [0.717, 1.165) is 16.4 Å². The number of methoxy groups -OCH3 is 1. The van der Waals surface area contributed by atoms with Gasteiger partial charge in [0.15, 0.2) is 5.82 Å². The minimum Gasteiger partial charge on any atom is -0.369 e. The number of ether oxygens (including phenoxy) is 1. The second-order valence-corrected chi connectivity index (χ2v) is 10.4. The van der Waals surface area contributed by atoms with E-state index in [1.54, 1.807) is 25.9 Å². The van der Waals surface area contributed by atoms with Crippen LogP contribution >= 0.6 is 0 Å². The van der Waals surface area contributed by atoms with Gasteiger partial charge in [0.05, 0.1) is 22.5 Å². The van der Waals surface area contributed by atoms with Crippen LogP contribution < -0.4 is 4.31 Å². The standard InChI is InChI=1S/C25H26F3N5O4S/c1-16-10-21(23(30-13-16)24(34)18-8-9-29-22(11-18)31-14-32(3)4)33(15-37-5)38(35,36)19-7-6-17(2)20(12-19)25(26,27)28/h6-14H,15H2,1-5H3. The van der Waals surface area contributed by atoms with Gasteiger partial charge in [0, 0.05) is 39.2 Å². The van der Waals surface area contributed by atoms with Gasteiger partial charge in [0.1, 0.15) is 12.4 Å². The zero-order chi connectivity index (χ0) is 28.3. The van der Waals surface area contributed by atoms with Crippen LogP contribution in [0.3, 0.4) is 0 Å². The number of anilines is 1. The molecule has 0 spiro atoms. The molecule has 202 valence electrons. The largest absolute Gasteiger partial charge is 0.416 e. The van der Waals surface area contributed by atoms with E-state index in [1.807, 2.05) is 0 Å². The molecule has 0 amide bonds. The zero-order valence-corrected chi connectivity index (χ0v) is 22.1. The molecule has 0 atom stereocenters. The summed E-state index contributed by atoms with van der Waals surface area (Å²) in [5, 5.41) is 0. The van der Waals surface area contributed by atoms with Gasteiger partial charge >= 0.3 is 6.18 Å². The fraction of sp³-hybridized carbons (Fsp3) is 0.280. The van der Waals surface area contributed by atoms with Crippen LogP contribution in [0.1, 0.15) is 32.7 Å². The third-order valence-corrected chi connectivity index (χ3v) is 7.00. The van der Waals surface area contributed by atoms with Gasteiger partial charge in [-0.1, -0.05) is 6.07 Å². The first-order chi connectivity index (χ1) is 17.8. The van der Waals surface area contributed by atoms with Gasteiger partial charge in [-0.3, -0.25) is 9.78 Å². The maximum absolute atomic E-state index is 13.6. The number of hydrogen-bond acceptors (Lipinski definition) is 7. The number of alkyl halides is 3. The third kappa shape index (κ3) is 6.34. The number of benzene rings is 1. The molecule has 0 radical (unpaired) electrons. The number of pyridine rings is 2.